The van der Waals surface area contributed by atoms with E-state index in [1.807, 2.05) is 11.3 Å². The van der Waals surface area contributed by atoms with Gasteiger partial charge < -0.3 is 11.1 Å². The van der Waals surface area contributed by atoms with E-state index >= 15 is 0 Å². The summed E-state index contributed by atoms with van der Waals surface area (Å²) in [7, 11) is 0. The van der Waals surface area contributed by atoms with Crippen LogP contribution >= 0.6 is 11.3 Å². The van der Waals surface area contributed by atoms with Crippen LogP contribution in [0.4, 0.5) is 0 Å². The van der Waals surface area contributed by atoms with Gasteiger partial charge in [-0.25, -0.2) is 0 Å². The van der Waals surface area contributed by atoms with Crippen LogP contribution in [0.2, 0.25) is 0 Å². The Bertz CT molecular complexity index is 249. The van der Waals surface area contributed by atoms with Crippen molar-refractivity contribution in [2.75, 3.05) is 13.1 Å². The number of nitrogens with two attached hydrogens (primary N) is 1. The summed E-state index contributed by atoms with van der Waals surface area (Å²) in [5, 5.41) is 5.58. The lowest BCUT2D eigenvalue weighted by Gasteiger charge is -2.17. The molecule has 0 aromatic carbocycles. The minimum Gasteiger partial charge on any atom is -0.326 e. The van der Waals surface area contributed by atoms with Crippen LogP contribution in [0.5, 0.6) is 0 Å². The molecule has 3 heteroatoms. The van der Waals surface area contributed by atoms with Crippen molar-refractivity contribution >= 4 is 11.3 Å². The number of nitrogens with one attached hydrogen (secondary N) is 1. The number of rotatable bonds is 7. The monoisotopic (exact) mass is 226 g/mol. The number of hydrogen-bond donors (Lipinski definition) is 2. The molecule has 0 saturated heterocycles. The maximum absolute atomic E-state index is 5.90. The van der Waals surface area contributed by atoms with Gasteiger partial charge in [0.05, 0.1) is 0 Å². The molecule has 1 rings (SSSR count). The van der Waals surface area contributed by atoms with Crippen LogP contribution in [0.3, 0.4) is 0 Å². The van der Waals surface area contributed by atoms with E-state index in [-0.39, 0.29) is 5.54 Å². The molecule has 1 aromatic heterocycles. The average molecular weight is 226 g/mol. The quantitative estimate of drug-likeness (QED) is 0.701. The Balaban J connectivity index is 1.94. The molecule has 0 aliphatic rings. The second kappa shape index (κ2) is 6.26. The lowest BCUT2D eigenvalue weighted by atomic mass is 10.0. The predicted molar refractivity (Wildman–Crippen MR) is 68.4 cm³/mol. The van der Waals surface area contributed by atoms with Crippen molar-refractivity contribution < 1.29 is 0 Å². The standard InChI is InChI=1S/C12H22N2S/c1-12(2,13)7-4-8-14-9-6-11-5-3-10-15-11/h3,5,10,14H,4,6-9,13H2,1-2H3. The van der Waals surface area contributed by atoms with E-state index in [2.05, 4.69) is 36.7 Å². The van der Waals surface area contributed by atoms with E-state index in [0.717, 1.165) is 32.4 Å². The van der Waals surface area contributed by atoms with Crippen LogP contribution in [0.25, 0.3) is 0 Å². The minimum atomic E-state index is -0.0184. The fourth-order valence-corrected chi connectivity index (χ4v) is 2.17. The van der Waals surface area contributed by atoms with Gasteiger partial charge in [-0.05, 0) is 57.6 Å². The van der Waals surface area contributed by atoms with E-state index in [9.17, 15) is 0 Å². The molecular formula is C12H22N2S. The first-order chi connectivity index (χ1) is 7.08. The molecule has 0 bridgehead atoms. The highest BCUT2D eigenvalue weighted by molar-refractivity contribution is 7.09. The maximum Gasteiger partial charge on any atom is 0.00975 e. The lowest BCUT2D eigenvalue weighted by Crippen LogP contribution is -2.33. The zero-order valence-electron chi connectivity index (χ0n) is 9.75. The van der Waals surface area contributed by atoms with Crippen LogP contribution < -0.4 is 11.1 Å². The van der Waals surface area contributed by atoms with Gasteiger partial charge in [-0.1, -0.05) is 6.07 Å². The summed E-state index contributed by atoms with van der Waals surface area (Å²) in [5.74, 6) is 0. The predicted octanol–water partition coefficient (Wildman–Crippen LogP) is 2.40. The van der Waals surface area contributed by atoms with Gasteiger partial charge in [0.25, 0.3) is 0 Å². The second-order valence-corrected chi connectivity index (χ2v) is 5.70. The molecule has 0 unspecified atom stereocenters. The Labute approximate surface area is 96.9 Å². The molecule has 0 saturated carbocycles. The summed E-state index contributed by atoms with van der Waals surface area (Å²) in [5.41, 5.74) is 5.88. The second-order valence-electron chi connectivity index (χ2n) is 4.67. The third-order valence-electron chi connectivity index (χ3n) is 2.30. The fraction of sp³-hybridized carbons (Fsp3) is 0.667. The minimum absolute atomic E-state index is 0.0184. The van der Waals surface area contributed by atoms with Gasteiger partial charge in [-0.2, -0.15) is 0 Å². The van der Waals surface area contributed by atoms with Crippen molar-refractivity contribution in [3.05, 3.63) is 22.4 Å². The van der Waals surface area contributed by atoms with Crippen LogP contribution in [-0.4, -0.2) is 18.6 Å². The highest BCUT2D eigenvalue weighted by Crippen LogP contribution is 2.08. The zero-order valence-corrected chi connectivity index (χ0v) is 10.6. The van der Waals surface area contributed by atoms with Gasteiger partial charge in [0.1, 0.15) is 0 Å². The Morgan fingerprint density at radius 2 is 2.20 bits per heavy atom. The van der Waals surface area contributed by atoms with Crippen molar-refractivity contribution in [2.45, 2.75) is 38.6 Å². The molecule has 0 radical (unpaired) electrons. The van der Waals surface area contributed by atoms with Crippen LogP contribution in [-0.2, 0) is 6.42 Å². The van der Waals surface area contributed by atoms with E-state index in [1.54, 1.807) is 0 Å². The van der Waals surface area contributed by atoms with Crippen LogP contribution in [0.15, 0.2) is 17.5 Å². The Hall–Kier alpha value is -0.380. The fourth-order valence-electron chi connectivity index (χ4n) is 1.46. The van der Waals surface area contributed by atoms with Gasteiger partial charge in [0.2, 0.25) is 0 Å². The summed E-state index contributed by atoms with van der Waals surface area (Å²) in [6, 6.07) is 4.30. The van der Waals surface area contributed by atoms with Gasteiger partial charge in [-0.15, -0.1) is 11.3 Å². The molecule has 3 N–H and O–H groups in total. The molecule has 0 spiro atoms. The SMILES string of the molecule is CC(C)(N)CCCNCCc1cccs1. The molecule has 1 heterocycles. The van der Waals surface area contributed by atoms with E-state index < -0.39 is 0 Å². The van der Waals surface area contributed by atoms with Crippen molar-refractivity contribution in [1.29, 1.82) is 0 Å². The molecular weight excluding hydrogens is 204 g/mol. The third-order valence-corrected chi connectivity index (χ3v) is 3.24. The van der Waals surface area contributed by atoms with Crippen molar-refractivity contribution in [3.8, 4) is 0 Å². The highest BCUT2D eigenvalue weighted by atomic mass is 32.1. The zero-order chi connectivity index (χ0) is 11.1. The highest BCUT2D eigenvalue weighted by Gasteiger charge is 2.08. The lowest BCUT2D eigenvalue weighted by molar-refractivity contribution is 0.449. The first-order valence-electron chi connectivity index (χ1n) is 5.60. The first-order valence-corrected chi connectivity index (χ1v) is 6.48. The molecule has 15 heavy (non-hydrogen) atoms. The molecule has 0 aliphatic heterocycles. The summed E-state index contributed by atoms with van der Waals surface area (Å²) >= 11 is 1.83. The summed E-state index contributed by atoms with van der Waals surface area (Å²) in [6.45, 7) is 6.31. The molecule has 86 valence electrons. The largest absolute Gasteiger partial charge is 0.326 e. The van der Waals surface area contributed by atoms with Gasteiger partial charge in [-0.3, -0.25) is 0 Å². The van der Waals surface area contributed by atoms with Crippen LogP contribution in [0.1, 0.15) is 31.6 Å². The molecule has 0 aliphatic carbocycles. The molecule has 0 fully saturated rings. The van der Waals surface area contributed by atoms with E-state index in [4.69, 9.17) is 5.73 Å². The molecule has 1 aromatic rings. The summed E-state index contributed by atoms with van der Waals surface area (Å²) < 4.78 is 0. The van der Waals surface area contributed by atoms with E-state index in [1.165, 1.54) is 4.88 Å². The first kappa shape index (κ1) is 12.7. The molecule has 2 nitrogen and oxygen atoms in total. The smallest absolute Gasteiger partial charge is 0.00975 e. The van der Waals surface area contributed by atoms with Crippen molar-refractivity contribution in [1.82, 2.24) is 5.32 Å². The summed E-state index contributed by atoms with van der Waals surface area (Å²) in [4.78, 5) is 1.46. The van der Waals surface area contributed by atoms with Gasteiger partial charge in [0.15, 0.2) is 0 Å². The number of thiophene rings is 1. The third kappa shape index (κ3) is 6.66. The maximum atomic E-state index is 5.90. The topological polar surface area (TPSA) is 38.0 Å². The van der Waals surface area contributed by atoms with Crippen molar-refractivity contribution in [2.24, 2.45) is 5.73 Å². The molecule has 0 amide bonds. The normalized spacial score (nSPS) is 11.9. The van der Waals surface area contributed by atoms with Crippen LogP contribution in [0, 0.1) is 0 Å². The van der Waals surface area contributed by atoms with Gasteiger partial charge in [0, 0.05) is 10.4 Å². The van der Waals surface area contributed by atoms with Gasteiger partial charge >= 0.3 is 0 Å². The van der Waals surface area contributed by atoms with Crippen molar-refractivity contribution in [3.63, 3.8) is 0 Å². The Morgan fingerprint density at radius 1 is 1.40 bits per heavy atom. The summed E-state index contributed by atoms with van der Waals surface area (Å²) in [6.07, 6.45) is 3.39. The molecule has 0 atom stereocenters. The Morgan fingerprint density at radius 3 is 2.80 bits per heavy atom. The Kier molecular flexibility index (Phi) is 5.29. The van der Waals surface area contributed by atoms with E-state index in [0.29, 0.717) is 0 Å². The number of hydrogen-bond acceptors (Lipinski definition) is 3. The average Bonchev–Trinajstić information content (AvgIpc) is 2.61.